The van der Waals surface area contributed by atoms with Crippen molar-refractivity contribution < 1.29 is 9.47 Å². The number of hydrogen-bond donors (Lipinski definition) is 1. The van der Waals surface area contributed by atoms with Crippen molar-refractivity contribution in [1.29, 1.82) is 5.26 Å². The van der Waals surface area contributed by atoms with Crippen molar-refractivity contribution in [2.45, 2.75) is 13.5 Å². The first kappa shape index (κ1) is 14.7. The van der Waals surface area contributed by atoms with E-state index in [1.165, 1.54) is 0 Å². The Morgan fingerprint density at radius 1 is 1.10 bits per heavy atom. The van der Waals surface area contributed by atoms with Crippen molar-refractivity contribution >= 4 is 5.69 Å². The molecule has 2 rings (SSSR count). The van der Waals surface area contributed by atoms with Crippen molar-refractivity contribution in [3.05, 3.63) is 54.1 Å². The maximum absolute atomic E-state index is 8.53. The first-order valence-corrected chi connectivity index (χ1v) is 6.88. The molecule has 0 aromatic heterocycles. The fraction of sp³-hybridized carbons (Fsp3) is 0.235. The van der Waals surface area contributed by atoms with Crippen molar-refractivity contribution in [3.8, 4) is 17.6 Å². The second kappa shape index (κ2) is 7.81. The van der Waals surface area contributed by atoms with Gasteiger partial charge in [-0.25, -0.2) is 0 Å². The van der Waals surface area contributed by atoms with Crippen molar-refractivity contribution in [2.75, 3.05) is 18.5 Å². The normalized spacial score (nSPS) is 9.71. The number of hydrogen-bond acceptors (Lipinski definition) is 4. The van der Waals surface area contributed by atoms with Crippen LogP contribution < -0.4 is 14.8 Å². The van der Waals surface area contributed by atoms with Crippen molar-refractivity contribution in [2.24, 2.45) is 0 Å². The van der Waals surface area contributed by atoms with E-state index in [4.69, 9.17) is 14.7 Å². The summed E-state index contributed by atoms with van der Waals surface area (Å²) >= 11 is 0. The van der Waals surface area contributed by atoms with Gasteiger partial charge in [0.1, 0.15) is 17.6 Å². The van der Waals surface area contributed by atoms with Crippen LogP contribution in [0.4, 0.5) is 5.69 Å². The van der Waals surface area contributed by atoms with Crippen LogP contribution in [0.5, 0.6) is 11.5 Å². The molecule has 0 atom stereocenters. The zero-order valence-electron chi connectivity index (χ0n) is 12.0. The standard InChI is InChI=1S/C17H18N2O2/c1-2-20-17-9-4-3-6-14(17)13-19-15-7-5-8-16(12-15)21-11-10-18/h3-9,12,19H,2,11,13H2,1H3. The lowest BCUT2D eigenvalue weighted by molar-refractivity contribution is 0.337. The van der Waals surface area contributed by atoms with E-state index < -0.39 is 0 Å². The fourth-order valence-corrected chi connectivity index (χ4v) is 1.95. The van der Waals surface area contributed by atoms with Gasteiger partial charge in [-0.15, -0.1) is 0 Å². The van der Waals surface area contributed by atoms with Crippen molar-refractivity contribution in [3.63, 3.8) is 0 Å². The molecule has 0 saturated carbocycles. The Labute approximate surface area is 124 Å². The first-order valence-electron chi connectivity index (χ1n) is 6.88. The molecule has 0 radical (unpaired) electrons. The highest BCUT2D eigenvalue weighted by molar-refractivity contribution is 5.49. The molecule has 0 spiro atoms. The number of nitriles is 1. The lowest BCUT2D eigenvalue weighted by Crippen LogP contribution is -2.03. The van der Waals surface area contributed by atoms with E-state index >= 15 is 0 Å². The third kappa shape index (κ3) is 4.43. The number of benzene rings is 2. The minimum atomic E-state index is 0.0522. The van der Waals surface area contributed by atoms with E-state index in [-0.39, 0.29) is 6.61 Å². The van der Waals surface area contributed by atoms with Gasteiger partial charge in [-0.3, -0.25) is 0 Å². The number of ether oxygens (including phenoxy) is 2. The lowest BCUT2D eigenvalue weighted by atomic mass is 10.2. The minimum absolute atomic E-state index is 0.0522. The van der Waals surface area contributed by atoms with Gasteiger partial charge >= 0.3 is 0 Å². The van der Waals surface area contributed by atoms with Crippen LogP contribution in [0.1, 0.15) is 12.5 Å². The Morgan fingerprint density at radius 3 is 2.76 bits per heavy atom. The summed E-state index contributed by atoms with van der Waals surface area (Å²) in [5.41, 5.74) is 2.04. The molecule has 4 heteroatoms. The van der Waals surface area contributed by atoms with Gasteiger partial charge in [0, 0.05) is 23.9 Å². The minimum Gasteiger partial charge on any atom is -0.494 e. The molecular weight excluding hydrogens is 264 g/mol. The maximum atomic E-state index is 8.53. The summed E-state index contributed by atoms with van der Waals surface area (Å²) < 4.78 is 10.9. The smallest absolute Gasteiger partial charge is 0.174 e. The molecule has 0 bridgehead atoms. The highest BCUT2D eigenvalue weighted by atomic mass is 16.5. The van der Waals surface area contributed by atoms with Crippen LogP contribution in [0.3, 0.4) is 0 Å². The molecule has 0 aliphatic heterocycles. The predicted octanol–water partition coefficient (Wildman–Crippen LogP) is 3.60. The number of nitrogens with zero attached hydrogens (tertiary/aromatic N) is 1. The highest BCUT2D eigenvalue weighted by Gasteiger charge is 2.03. The van der Waals surface area contributed by atoms with Gasteiger partial charge in [-0.2, -0.15) is 5.26 Å². The molecule has 21 heavy (non-hydrogen) atoms. The molecule has 0 unspecified atom stereocenters. The molecule has 108 valence electrons. The van der Waals surface area contributed by atoms with E-state index in [2.05, 4.69) is 5.32 Å². The van der Waals surface area contributed by atoms with E-state index in [0.29, 0.717) is 18.9 Å². The number of nitrogens with one attached hydrogen (secondary N) is 1. The van der Waals surface area contributed by atoms with Gasteiger partial charge in [0.2, 0.25) is 0 Å². The summed E-state index contributed by atoms with van der Waals surface area (Å²) in [6.07, 6.45) is 0. The summed E-state index contributed by atoms with van der Waals surface area (Å²) in [6, 6.07) is 17.5. The third-order valence-corrected chi connectivity index (χ3v) is 2.89. The molecule has 2 aromatic rings. The van der Waals surface area contributed by atoms with Crippen LogP contribution in [0.25, 0.3) is 0 Å². The summed E-state index contributed by atoms with van der Waals surface area (Å²) in [5.74, 6) is 1.57. The highest BCUT2D eigenvalue weighted by Crippen LogP contribution is 2.21. The number of para-hydroxylation sites is 1. The lowest BCUT2D eigenvalue weighted by Gasteiger charge is -2.12. The fourth-order valence-electron chi connectivity index (χ4n) is 1.95. The SMILES string of the molecule is CCOc1ccccc1CNc1cccc(OCC#N)c1. The van der Waals surface area contributed by atoms with Crippen LogP contribution >= 0.6 is 0 Å². The van der Waals surface area contributed by atoms with E-state index in [0.717, 1.165) is 17.0 Å². The zero-order valence-corrected chi connectivity index (χ0v) is 12.0. The Bertz CT molecular complexity index is 620. The quantitative estimate of drug-likeness (QED) is 0.843. The first-order chi connectivity index (χ1) is 10.3. The molecule has 0 fully saturated rings. The Kier molecular flexibility index (Phi) is 5.48. The molecule has 1 N–H and O–H groups in total. The largest absolute Gasteiger partial charge is 0.494 e. The average Bonchev–Trinajstić information content (AvgIpc) is 2.53. The second-order valence-electron chi connectivity index (χ2n) is 4.37. The van der Waals surface area contributed by atoms with Gasteiger partial charge in [0.15, 0.2) is 6.61 Å². The van der Waals surface area contributed by atoms with Crippen LogP contribution in [0.2, 0.25) is 0 Å². The molecule has 0 saturated heterocycles. The molecule has 2 aromatic carbocycles. The van der Waals surface area contributed by atoms with E-state index in [1.54, 1.807) is 0 Å². The van der Waals surface area contributed by atoms with E-state index in [9.17, 15) is 0 Å². The van der Waals surface area contributed by atoms with Gasteiger partial charge in [0.05, 0.1) is 6.61 Å². The van der Waals surface area contributed by atoms with Gasteiger partial charge < -0.3 is 14.8 Å². The van der Waals surface area contributed by atoms with Gasteiger partial charge in [0.25, 0.3) is 0 Å². The monoisotopic (exact) mass is 282 g/mol. The molecule has 0 amide bonds. The Morgan fingerprint density at radius 2 is 1.95 bits per heavy atom. The number of rotatable bonds is 7. The predicted molar refractivity (Wildman–Crippen MR) is 82.5 cm³/mol. The van der Waals surface area contributed by atoms with Gasteiger partial charge in [-0.05, 0) is 25.1 Å². The summed E-state index contributed by atoms with van der Waals surface area (Å²) in [7, 11) is 0. The van der Waals surface area contributed by atoms with Gasteiger partial charge in [-0.1, -0.05) is 24.3 Å². The van der Waals surface area contributed by atoms with Crippen LogP contribution in [0.15, 0.2) is 48.5 Å². The Hall–Kier alpha value is -2.67. The second-order valence-corrected chi connectivity index (χ2v) is 4.37. The molecule has 4 nitrogen and oxygen atoms in total. The molecule has 0 heterocycles. The summed E-state index contributed by atoms with van der Waals surface area (Å²) in [6.45, 7) is 3.34. The topological polar surface area (TPSA) is 54.3 Å². The third-order valence-electron chi connectivity index (χ3n) is 2.89. The van der Waals surface area contributed by atoms with Crippen LogP contribution in [-0.2, 0) is 6.54 Å². The summed E-state index contributed by atoms with van der Waals surface area (Å²) in [4.78, 5) is 0. The van der Waals surface area contributed by atoms with Crippen LogP contribution in [-0.4, -0.2) is 13.2 Å². The molecule has 0 aliphatic rings. The maximum Gasteiger partial charge on any atom is 0.174 e. The van der Waals surface area contributed by atoms with E-state index in [1.807, 2.05) is 61.5 Å². The van der Waals surface area contributed by atoms with Crippen molar-refractivity contribution in [1.82, 2.24) is 0 Å². The molecular formula is C17H18N2O2. The summed E-state index contributed by atoms with van der Waals surface area (Å²) in [5, 5.41) is 11.9. The van der Waals surface area contributed by atoms with Crippen LogP contribution in [0, 0.1) is 11.3 Å². The Balaban J connectivity index is 2.01. The molecule has 0 aliphatic carbocycles. The zero-order chi connectivity index (χ0) is 14.9. The average molecular weight is 282 g/mol. The number of anilines is 1.